The van der Waals surface area contributed by atoms with Crippen molar-refractivity contribution >= 4 is 10.0 Å². The highest BCUT2D eigenvalue weighted by atomic mass is 32.2. The summed E-state index contributed by atoms with van der Waals surface area (Å²) in [7, 11) is -3.47. The minimum absolute atomic E-state index is 0.0695. The van der Waals surface area contributed by atoms with E-state index in [9.17, 15) is 8.42 Å². The Balaban J connectivity index is 1.90. The number of aliphatic hydroxyl groups excluding tert-OH is 1. The van der Waals surface area contributed by atoms with Crippen molar-refractivity contribution in [1.29, 1.82) is 0 Å². The molecule has 2 rings (SSSR count). The molecule has 0 radical (unpaired) electrons. The van der Waals surface area contributed by atoms with Gasteiger partial charge in [-0.1, -0.05) is 13.3 Å². The van der Waals surface area contributed by atoms with Gasteiger partial charge in [-0.2, -0.15) is 5.10 Å². The van der Waals surface area contributed by atoms with Crippen LogP contribution in [0.25, 0.3) is 0 Å². The lowest BCUT2D eigenvalue weighted by molar-refractivity contribution is 0.277. The second-order valence-electron chi connectivity index (χ2n) is 5.65. The Kier molecular flexibility index (Phi) is 5.17. The molecule has 1 aromatic rings. The van der Waals surface area contributed by atoms with E-state index < -0.39 is 10.0 Å². The Bertz CT molecular complexity index is 527. The number of aromatic nitrogens is 2. The van der Waals surface area contributed by atoms with Crippen molar-refractivity contribution in [3.63, 3.8) is 0 Å². The van der Waals surface area contributed by atoms with E-state index in [1.54, 1.807) is 4.68 Å². The Morgan fingerprint density at radius 2 is 2.30 bits per heavy atom. The second-order valence-corrected chi connectivity index (χ2v) is 7.42. The number of hydrogen-bond acceptors (Lipinski definition) is 4. The van der Waals surface area contributed by atoms with E-state index in [0.29, 0.717) is 31.3 Å². The third-order valence-corrected chi connectivity index (χ3v) is 5.21. The molecule has 2 N–H and O–H groups in total. The van der Waals surface area contributed by atoms with Gasteiger partial charge < -0.3 is 5.11 Å². The minimum atomic E-state index is -3.47. The molecule has 0 spiro atoms. The highest BCUT2D eigenvalue weighted by Crippen LogP contribution is 2.29. The molecule has 7 heteroatoms. The van der Waals surface area contributed by atoms with Gasteiger partial charge in [-0.3, -0.25) is 4.68 Å². The lowest BCUT2D eigenvalue weighted by atomic mass is 10.1. The first-order chi connectivity index (χ1) is 9.51. The molecule has 1 fully saturated rings. The standard InChI is InChI=1S/C13H23N3O3S/c1-11-3-4-12(7-11)8-15-20(18,19)13-9-14-16(10-13)5-2-6-17/h9-12,15,17H,2-8H2,1H3. The molecular weight excluding hydrogens is 278 g/mol. The van der Waals surface area contributed by atoms with Gasteiger partial charge >= 0.3 is 0 Å². The molecule has 2 atom stereocenters. The number of aliphatic hydroxyl groups is 1. The molecule has 1 aliphatic rings. The van der Waals surface area contributed by atoms with Gasteiger partial charge in [-0.15, -0.1) is 0 Å². The summed E-state index contributed by atoms with van der Waals surface area (Å²) >= 11 is 0. The topological polar surface area (TPSA) is 84.2 Å². The van der Waals surface area contributed by atoms with E-state index in [2.05, 4.69) is 16.7 Å². The molecule has 0 bridgehead atoms. The lowest BCUT2D eigenvalue weighted by Gasteiger charge is -2.10. The molecule has 20 heavy (non-hydrogen) atoms. The molecular formula is C13H23N3O3S. The van der Waals surface area contributed by atoms with Crippen LogP contribution in [0.15, 0.2) is 17.3 Å². The van der Waals surface area contributed by atoms with E-state index in [0.717, 1.165) is 12.8 Å². The number of aryl methyl sites for hydroxylation is 1. The Morgan fingerprint density at radius 1 is 1.50 bits per heavy atom. The molecule has 6 nitrogen and oxygen atoms in total. The smallest absolute Gasteiger partial charge is 0.243 e. The van der Waals surface area contributed by atoms with Crippen LogP contribution in [0.4, 0.5) is 0 Å². The Morgan fingerprint density at radius 3 is 2.95 bits per heavy atom. The van der Waals surface area contributed by atoms with Crippen LogP contribution < -0.4 is 4.72 Å². The third-order valence-electron chi connectivity index (χ3n) is 3.83. The van der Waals surface area contributed by atoms with Crippen LogP contribution in [0.1, 0.15) is 32.6 Å². The maximum Gasteiger partial charge on any atom is 0.243 e. The summed E-state index contributed by atoms with van der Waals surface area (Å²) in [6.45, 7) is 3.31. The van der Waals surface area contributed by atoms with Gasteiger partial charge in [0.05, 0.1) is 6.20 Å². The van der Waals surface area contributed by atoms with Crippen LogP contribution in [0.2, 0.25) is 0 Å². The first-order valence-electron chi connectivity index (χ1n) is 7.14. The number of sulfonamides is 1. The summed E-state index contributed by atoms with van der Waals surface area (Å²) in [5.41, 5.74) is 0. The zero-order chi connectivity index (χ0) is 14.6. The van der Waals surface area contributed by atoms with E-state index >= 15 is 0 Å². The van der Waals surface area contributed by atoms with Crippen LogP contribution in [-0.2, 0) is 16.6 Å². The van der Waals surface area contributed by atoms with E-state index in [4.69, 9.17) is 5.11 Å². The zero-order valence-electron chi connectivity index (χ0n) is 11.8. The number of nitrogens with zero attached hydrogens (tertiary/aromatic N) is 2. The van der Waals surface area contributed by atoms with Gasteiger partial charge in [-0.25, -0.2) is 13.1 Å². The highest BCUT2D eigenvalue weighted by Gasteiger charge is 2.24. The predicted octanol–water partition coefficient (Wildman–Crippen LogP) is 0.980. The fourth-order valence-electron chi connectivity index (χ4n) is 2.66. The van der Waals surface area contributed by atoms with Crippen LogP contribution in [-0.4, -0.2) is 36.5 Å². The van der Waals surface area contributed by atoms with Crippen LogP contribution >= 0.6 is 0 Å². The summed E-state index contributed by atoms with van der Waals surface area (Å²) in [6.07, 6.45) is 6.81. The molecule has 1 aromatic heterocycles. The Hall–Kier alpha value is -0.920. The van der Waals surface area contributed by atoms with E-state index in [1.807, 2.05) is 0 Å². The maximum absolute atomic E-state index is 12.1. The van der Waals surface area contributed by atoms with Crippen LogP contribution in [0.5, 0.6) is 0 Å². The van der Waals surface area contributed by atoms with Crippen molar-refractivity contribution in [2.24, 2.45) is 11.8 Å². The van der Waals surface area contributed by atoms with Crippen molar-refractivity contribution in [2.75, 3.05) is 13.2 Å². The predicted molar refractivity (Wildman–Crippen MR) is 75.6 cm³/mol. The van der Waals surface area contributed by atoms with E-state index in [1.165, 1.54) is 18.8 Å². The fraction of sp³-hybridized carbons (Fsp3) is 0.769. The van der Waals surface area contributed by atoms with Gasteiger partial charge in [0.25, 0.3) is 0 Å². The summed E-state index contributed by atoms with van der Waals surface area (Å²) in [6, 6.07) is 0. The quantitative estimate of drug-likeness (QED) is 0.786. The van der Waals surface area contributed by atoms with Crippen molar-refractivity contribution in [3.8, 4) is 0 Å². The summed E-state index contributed by atoms with van der Waals surface area (Å²) in [5, 5.41) is 12.7. The van der Waals surface area contributed by atoms with E-state index in [-0.39, 0.29) is 11.5 Å². The first kappa shape index (κ1) is 15.5. The van der Waals surface area contributed by atoms with Crippen LogP contribution in [0, 0.1) is 11.8 Å². The van der Waals surface area contributed by atoms with Crippen molar-refractivity contribution in [3.05, 3.63) is 12.4 Å². The third kappa shape index (κ3) is 4.04. The average molecular weight is 301 g/mol. The number of rotatable bonds is 7. The van der Waals surface area contributed by atoms with Crippen molar-refractivity contribution < 1.29 is 13.5 Å². The van der Waals surface area contributed by atoms with Gasteiger partial charge in [0.15, 0.2) is 0 Å². The molecule has 0 aromatic carbocycles. The largest absolute Gasteiger partial charge is 0.396 e. The first-order valence-corrected chi connectivity index (χ1v) is 8.62. The summed E-state index contributed by atoms with van der Waals surface area (Å²) in [5.74, 6) is 1.15. The molecule has 114 valence electrons. The molecule has 2 unspecified atom stereocenters. The number of nitrogens with one attached hydrogen (secondary N) is 1. The minimum Gasteiger partial charge on any atom is -0.396 e. The van der Waals surface area contributed by atoms with Crippen LogP contribution in [0.3, 0.4) is 0 Å². The molecule has 1 heterocycles. The summed E-state index contributed by atoms with van der Waals surface area (Å²) in [4.78, 5) is 0.196. The highest BCUT2D eigenvalue weighted by molar-refractivity contribution is 7.89. The lowest BCUT2D eigenvalue weighted by Crippen LogP contribution is -2.28. The SMILES string of the molecule is CC1CCC(CNS(=O)(=O)c2cnn(CCCO)c2)C1. The monoisotopic (exact) mass is 301 g/mol. The fourth-order valence-corrected chi connectivity index (χ4v) is 3.73. The van der Waals surface area contributed by atoms with Gasteiger partial charge in [0.2, 0.25) is 10.0 Å². The summed E-state index contributed by atoms with van der Waals surface area (Å²) < 4.78 is 28.5. The van der Waals surface area contributed by atoms with Gasteiger partial charge in [0.1, 0.15) is 4.90 Å². The molecule has 1 aliphatic carbocycles. The number of hydrogen-bond donors (Lipinski definition) is 2. The van der Waals surface area contributed by atoms with Gasteiger partial charge in [0, 0.05) is 25.9 Å². The molecule has 0 amide bonds. The molecule has 0 saturated heterocycles. The molecule has 0 aliphatic heterocycles. The second kappa shape index (κ2) is 6.69. The molecule has 1 saturated carbocycles. The maximum atomic E-state index is 12.1. The van der Waals surface area contributed by atoms with Gasteiger partial charge in [-0.05, 0) is 31.1 Å². The average Bonchev–Trinajstić information content (AvgIpc) is 3.03. The Labute approximate surface area is 120 Å². The normalized spacial score (nSPS) is 23.3. The van der Waals surface area contributed by atoms with Crippen molar-refractivity contribution in [2.45, 2.75) is 44.0 Å². The zero-order valence-corrected chi connectivity index (χ0v) is 12.6. The van der Waals surface area contributed by atoms with Crippen molar-refractivity contribution in [1.82, 2.24) is 14.5 Å².